The molecule has 1 aromatic heterocycles. The summed E-state index contributed by atoms with van der Waals surface area (Å²) < 4.78 is 12.7. The van der Waals surface area contributed by atoms with Crippen LogP contribution >= 0.6 is 12.2 Å². The number of benzene rings is 1. The van der Waals surface area contributed by atoms with Crippen LogP contribution in [0.3, 0.4) is 0 Å². The van der Waals surface area contributed by atoms with E-state index in [4.69, 9.17) is 21.7 Å². The van der Waals surface area contributed by atoms with Crippen molar-refractivity contribution in [1.82, 2.24) is 14.9 Å². The third kappa shape index (κ3) is 4.82. The molecule has 3 rings (SSSR count). The van der Waals surface area contributed by atoms with Crippen LogP contribution in [-0.4, -0.2) is 47.9 Å². The maximum absolute atomic E-state index is 12.8. The number of fused-ring (bicyclic) bond motifs is 1. The van der Waals surface area contributed by atoms with Gasteiger partial charge >= 0.3 is 0 Å². The zero-order valence-electron chi connectivity index (χ0n) is 15.5. The number of nitrogens with zero attached hydrogens (tertiary/aromatic N) is 1. The van der Waals surface area contributed by atoms with E-state index >= 15 is 0 Å². The van der Waals surface area contributed by atoms with Crippen molar-refractivity contribution < 1.29 is 14.3 Å². The second-order valence-corrected chi connectivity index (χ2v) is 6.93. The lowest BCUT2D eigenvalue weighted by molar-refractivity contribution is 0.0944. The van der Waals surface area contributed by atoms with E-state index in [0.717, 1.165) is 25.9 Å². The van der Waals surface area contributed by atoms with Crippen LogP contribution in [0.4, 0.5) is 0 Å². The highest BCUT2D eigenvalue weighted by molar-refractivity contribution is 7.71. The molecule has 0 aliphatic carbocycles. The Bertz CT molecular complexity index is 915. The van der Waals surface area contributed by atoms with Crippen molar-refractivity contribution in [3.63, 3.8) is 0 Å². The van der Waals surface area contributed by atoms with Crippen molar-refractivity contribution in [3.8, 4) is 0 Å². The summed E-state index contributed by atoms with van der Waals surface area (Å²) in [5, 5.41) is 3.36. The van der Waals surface area contributed by atoms with Crippen LogP contribution in [-0.2, 0) is 16.0 Å². The molecule has 2 aromatic rings. The highest BCUT2D eigenvalue weighted by Gasteiger charge is 2.18. The molecule has 2 N–H and O–H groups in total. The number of hydrogen-bond acceptors (Lipinski definition) is 5. The van der Waals surface area contributed by atoms with Gasteiger partial charge in [-0.3, -0.25) is 14.2 Å². The number of nitrogens with one attached hydrogen (secondary N) is 2. The van der Waals surface area contributed by atoms with Gasteiger partial charge in [-0.1, -0.05) is 0 Å². The smallest absolute Gasteiger partial charge is 0.262 e. The standard InChI is InChI=1S/C19H25N3O4S/c1-2-25-9-4-8-20-17(23)13-6-7-15-16(11-13)21-19(27)22(18(15)24)12-14-5-3-10-26-14/h6-7,11,14H,2-5,8-10,12H2,1H3,(H,20,23)(H,21,27)/t14-/m0/s1. The zero-order valence-corrected chi connectivity index (χ0v) is 16.3. The Balaban J connectivity index is 1.76. The first-order valence-corrected chi connectivity index (χ1v) is 9.75. The minimum Gasteiger partial charge on any atom is -0.382 e. The van der Waals surface area contributed by atoms with Crippen LogP contribution < -0.4 is 10.9 Å². The van der Waals surface area contributed by atoms with E-state index in [0.29, 0.717) is 47.5 Å². The predicted molar refractivity (Wildman–Crippen MR) is 106 cm³/mol. The lowest BCUT2D eigenvalue weighted by Crippen LogP contribution is -2.28. The van der Waals surface area contributed by atoms with Gasteiger partial charge in [-0.15, -0.1) is 0 Å². The molecule has 27 heavy (non-hydrogen) atoms. The molecular formula is C19H25N3O4S. The van der Waals surface area contributed by atoms with Crippen LogP contribution in [0.5, 0.6) is 0 Å². The molecular weight excluding hydrogens is 366 g/mol. The summed E-state index contributed by atoms with van der Waals surface area (Å²) in [6.45, 7) is 4.94. The van der Waals surface area contributed by atoms with Gasteiger partial charge in [0.2, 0.25) is 0 Å². The van der Waals surface area contributed by atoms with Gasteiger partial charge in [-0.25, -0.2) is 0 Å². The fraction of sp³-hybridized carbons (Fsp3) is 0.526. The minimum absolute atomic E-state index is 0.0250. The molecule has 0 saturated carbocycles. The zero-order chi connectivity index (χ0) is 19.2. The van der Waals surface area contributed by atoms with Crippen LogP contribution in [0.25, 0.3) is 10.9 Å². The summed E-state index contributed by atoms with van der Waals surface area (Å²) in [5.74, 6) is -0.184. The van der Waals surface area contributed by atoms with Crippen molar-refractivity contribution in [3.05, 3.63) is 38.9 Å². The van der Waals surface area contributed by atoms with Crippen molar-refractivity contribution in [2.24, 2.45) is 0 Å². The molecule has 7 nitrogen and oxygen atoms in total. The molecule has 0 bridgehead atoms. The molecule has 0 unspecified atom stereocenters. The molecule has 1 amide bonds. The number of aromatic nitrogens is 2. The van der Waals surface area contributed by atoms with Crippen molar-refractivity contribution in [2.45, 2.75) is 38.8 Å². The number of hydrogen-bond donors (Lipinski definition) is 2. The normalized spacial score (nSPS) is 16.7. The first-order valence-electron chi connectivity index (χ1n) is 9.34. The number of amides is 1. The number of rotatable bonds is 8. The molecule has 1 fully saturated rings. The molecule has 146 valence electrons. The molecule has 1 aromatic carbocycles. The monoisotopic (exact) mass is 391 g/mol. The Hall–Kier alpha value is -2.03. The van der Waals surface area contributed by atoms with Gasteiger partial charge in [0.1, 0.15) is 0 Å². The minimum atomic E-state index is -0.184. The number of aromatic amines is 1. The highest BCUT2D eigenvalue weighted by atomic mass is 32.1. The first kappa shape index (κ1) is 19.7. The largest absolute Gasteiger partial charge is 0.382 e. The van der Waals surface area contributed by atoms with Crippen LogP contribution in [0.2, 0.25) is 0 Å². The SMILES string of the molecule is CCOCCCNC(=O)c1ccc2c(=O)n(C[C@@H]3CCCO3)c(=S)[nH]c2c1. The Labute approximate surface area is 162 Å². The number of carbonyl (C=O) groups is 1. The topological polar surface area (TPSA) is 85.3 Å². The Morgan fingerprint density at radius 3 is 3.07 bits per heavy atom. The molecule has 1 aliphatic heterocycles. The number of ether oxygens (including phenoxy) is 2. The Morgan fingerprint density at radius 1 is 1.48 bits per heavy atom. The van der Waals surface area contributed by atoms with Crippen molar-refractivity contribution >= 4 is 29.0 Å². The van der Waals surface area contributed by atoms with E-state index in [1.165, 1.54) is 0 Å². The quantitative estimate of drug-likeness (QED) is 0.533. The summed E-state index contributed by atoms with van der Waals surface area (Å²) in [7, 11) is 0. The predicted octanol–water partition coefficient (Wildman–Crippen LogP) is 2.39. The molecule has 1 aliphatic rings. The summed E-state index contributed by atoms with van der Waals surface area (Å²) in [4.78, 5) is 28.2. The molecule has 2 heterocycles. The van der Waals surface area contributed by atoms with Crippen LogP contribution in [0.1, 0.15) is 36.5 Å². The lowest BCUT2D eigenvalue weighted by Gasteiger charge is -2.13. The second-order valence-electron chi connectivity index (χ2n) is 6.55. The first-order chi connectivity index (χ1) is 13.1. The average molecular weight is 391 g/mol. The number of H-pyrrole nitrogens is 1. The van der Waals surface area contributed by atoms with Gasteiger partial charge in [0.05, 0.1) is 23.6 Å². The maximum atomic E-state index is 12.8. The van der Waals surface area contributed by atoms with E-state index in [1.807, 2.05) is 6.92 Å². The molecule has 1 atom stereocenters. The van der Waals surface area contributed by atoms with Gasteiger partial charge in [0, 0.05) is 31.9 Å². The highest BCUT2D eigenvalue weighted by Crippen LogP contribution is 2.15. The average Bonchev–Trinajstić information content (AvgIpc) is 3.17. The fourth-order valence-corrected chi connectivity index (χ4v) is 3.44. The summed E-state index contributed by atoms with van der Waals surface area (Å²) in [5.41, 5.74) is 0.893. The summed E-state index contributed by atoms with van der Waals surface area (Å²) in [6, 6.07) is 5.00. The lowest BCUT2D eigenvalue weighted by atomic mass is 10.1. The fourth-order valence-electron chi connectivity index (χ4n) is 3.18. The van der Waals surface area contributed by atoms with E-state index in [9.17, 15) is 9.59 Å². The maximum Gasteiger partial charge on any atom is 0.262 e. The third-order valence-corrected chi connectivity index (χ3v) is 4.93. The molecule has 0 spiro atoms. The third-order valence-electron chi connectivity index (χ3n) is 4.61. The van der Waals surface area contributed by atoms with Gasteiger partial charge in [0.15, 0.2) is 4.77 Å². The number of carbonyl (C=O) groups excluding carboxylic acids is 1. The molecule has 1 saturated heterocycles. The molecule has 0 radical (unpaired) electrons. The van der Waals surface area contributed by atoms with E-state index in [1.54, 1.807) is 22.8 Å². The Morgan fingerprint density at radius 2 is 2.33 bits per heavy atom. The van der Waals surface area contributed by atoms with Crippen LogP contribution in [0, 0.1) is 4.77 Å². The van der Waals surface area contributed by atoms with Crippen LogP contribution in [0.15, 0.2) is 23.0 Å². The van der Waals surface area contributed by atoms with Gasteiger partial charge in [-0.2, -0.15) is 0 Å². The Kier molecular flexibility index (Phi) is 6.76. The van der Waals surface area contributed by atoms with E-state index in [-0.39, 0.29) is 17.6 Å². The summed E-state index contributed by atoms with van der Waals surface area (Å²) >= 11 is 5.36. The second kappa shape index (κ2) is 9.25. The van der Waals surface area contributed by atoms with E-state index < -0.39 is 0 Å². The van der Waals surface area contributed by atoms with Gasteiger partial charge in [0.25, 0.3) is 11.5 Å². The van der Waals surface area contributed by atoms with Gasteiger partial charge in [-0.05, 0) is 56.6 Å². The van der Waals surface area contributed by atoms with Crippen molar-refractivity contribution in [2.75, 3.05) is 26.4 Å². The molecule has 8 heteroatoms. The van der Waals surface area contributed by atoms with Gasteiger partial charge < -0.3 is 19.8 Å². The van der Waals surface area contributed by atoms with Crippen molar-refractivity contribution in [1.29, 1.82) is 0 Å². The summed E-state index contributed by atoms with van der Waals surface area (Å²) in [6.07, 6.45) is 2.72. The van der Waals surface area contributed by atoms with E-state index in [2.05, 4.69) is 10.3 Å².